The molecule has 0 spiro atoms. The molecule has 26 heavy (non-hydrogen) atoms. The van der Waals surface area contributed by atoms with Gasteiger partial charge in [0, 0.05) is 16.1 Å². The van der Waals surface area contributed by atoms with Gasteiger partial charge in [-0.15, -0.1) is 5.10 Å². The number of carbonyl (C=O) groups excluding carboxylic acids is 2. The zero-order valence-corrected chi connectivity index (χ0v) is 14.8. The number of amides is 1. The fraction of sp³-hybridized carbons (Fsp3) is 0.0588. The van der Waals surface area contributed by atoms with E-state index in [1.165, 1.54) is 4.68 Å². The Balaban J connectivity index is 1.85. The third-order valence-electron chi connectivity index (χ3n) is 3.72. The maximum atomic E-state index is 12.6. The Kier molecular flexibility index (Phi) is 4.92. The first kappa shape index (κ1) is 17.9. The van der Waals surface area contributed by atoms with Crippen molar-refractivity contribution in [2.24, 2.45) is 5.73 Å². The summed E-state index contributed by atoms with van der Waals surface area (Å²) in [5.41, 5.74) is 12.4. The summed E-state index contributed by atoms with van der Waals surface area (Å²) in [6, 6.07) is 11.5. The number of carbonyl (C=O) groups is 2. The van der Waals surface area contributed by atoms with Crippen LogP contribution in [0.3, 0.4) is 0 Å². The molecule has 0 atom stereocenters. The molecule has 0 aliphatic rings. The molecular formula is C17H13Cl2N5O2. The number of anilines is 1. The fourth-order valence-corrected chi connectivity index (χ4v) is 2.80. The third-order valence-corrected chi connectivity index (χ3v) is 4.29. The van der Waals surface area contributed by atoms with E-state index >= 15 is 0 Å². The molecule has 1 aromatic heterocycles. The molecule has 0 unspecified atom stereocenters. The van der Waals surface area contributed by atoms with Crippen LogP contribution in [0, 0.1) is 0 Å². The maximum Gasteiger partial charge on any atom is 0.273 e. The number of aromatic nitrogens is 3. The van der Waals surface area contributed by atoms with Gasteiger partial charge in [0.15, 0.2) is 17.3 Å². The second-order valence-electron chi connectivity index (χ2n) is 5.50. The van der Waals surface area contributed by atoms with Crippen LogP contribution in [0.15, 0.2) is 42.5 Å². The van der Waals surface area contributed by atoms with Gasteiger partial charge in [0.05, 0.1) is 11.6 Å². The van der Waals surface area contributed by atoms with Crippen LogP contribution in [0.5, 0.6) is 0 Å². The molecule has 132 valence electrons. The number of nitrogen functional groups attached to an aromatic ring is 1. The van der Waals surface area contributed by atoms with E-state index < -0.39 is 5.91 Å². The fourth-order valence-electron chi connectivity index (χ4n) is 2.38. The van der Waals surface area contributed by atoms with Crippen molar-refractivity contribution >= 4 is 40.7 Å². The molecule has 0 saturated carbocycles. The minimum atomic E-state index is -0.754. The summed E-state index contributed by atoms with van der Waals surface area (Å²) in [7, 11) is 0. The van der Waals surface area contributed by atoms with Gasteiger partial charge in [0.1, 0.15) is 0 Å². The molecule has 4 N–H and O–H groups in total. The predicted octanol–water partition coefficient (Wildman–Crippen LogP) is 2.55. The minimum Gasteiger partial charge on any atom is -0.382 e. The van der Waals surface area contributed by atoms with Crippen LogP contribution < -0.4 is 11.5 Å². The topological polar surface area (TPSA) is 117 Å². The number of primary amides is 1. The SMILES string of the molecule is NC(=O)c1nnn(Cc2ccc(C(=O)c3ccc(Cl)cc3)c(Cl)c2)c1N. The van der Waals surface area contributed by atoms with Crippen LogP contribution in [0.2, 0.25) is 10.0 Å². The quantitative estimate of drug-likeness (QED) is 0.650. The number of hydrogen-bond acceptors (Lipinski definition) is 5. The van der Waals surface area contributed by atoms with E-state index in [9.17, 15) is 9.59 Å². The van der Waals surface area contributed by atoms with Crippen molar-refractivity contribution in [2.45, 2.75) is 6.54 Å². The number of nitrogens with zero attached hydrogens (tertiary/aromatic N) is 3. The van der Waals surface area contributed by atoms with Crippen LogP contribution >= 0.6 is 23.2 Å². The van der Waals surface area contributed by atoms with Crippen molar-refractivity contribution in [2.75, 3.05) is 5.73 Å². The standard InChI is InChI=1S/C17H13Cl2N5O2/c18-11-4-2-10(3-5-11)15(25)12-6-1-9(7-13(12)19)8-24-16(20)14(17(21)26)22-23-24/h1-7H,8,20H2,(H2,21,26). The number of nitrogens with two attached hydrogens (primary N) is 2. The molecule has 0 aliphatic heterocycles. The summed E-state index contributed by atoms with van der Waals surface area (Å²) in [6.07, 6.45) is 0. The summed E-state index contributed by atoms with van der Waals surface area (Å²) >= 11 is 12.1. The largest absolute Gasteiger partial charge is 0.382 e. The number of halogens is 2. The first-order valence-electron chi connectivity index (χ1n) is 7.44. The molecular weight excluding hydrogens is 377 g/mol. The smallest absolute Gasteiger partial charge is 0.273 e. The highest BCUT2D eigenvalue weighted by molar-refractivity contribution is 6.35. The van der Waals surface area contributed by atoms with E-state index in [-0.39, 0.29) is 28.9 Å². The van der Waals surface area contributed by atoms with Crippen molar-refractivity contribution in [3.05, 3.63) is 74.9 Å². The number of ketones is 1. The summed E-state index contributed by atoms with van der Waals surface area (Å²) in [4.78, 5) is 23.7. The van der Waals surface area contributed by atoms with E-state index in [1.54, 1.807) is 42.5 Å². The Labute approximate surface area is 158 Å². The van der Waals surface area contributed by atoms with Gasteiger partial charge >= 0.3 is 0 Å². The molecule has 3 rings (SSSR count). The predicted molar refractivity (Wildman–Crippen MR) is 98.4 cm³/mol. The highest BCUT2D eigenvalue weighted by atomic mass is 35.5. The highest BCUT2D eigenvalue weighted by Gasteiger charge is 2.16. The van der Waals surface area contributed by atoms with E-state index in [1.807, 2.05) is 0 Å². The van der Waals surface area contributed by atoms with Crippen molar-refractivity contribution in [3.8, 4) is 0 Å². The van der Waals surface area contributed by atoms with Crippen LogP contribution in [0.25, 0.3) is 0 Å². The van der Waals surface area contributed by atoms with Crippen molar-refractivity contribution in [3.63, 3.8) is 0 Å². The van der Waals surface area contributed by atoms with Gasteiger partial charge in [0.25, 0.3) is 5.91 Å². The third kappa shape index (κ3) is 3.54. The summed E-state index contributed by atoms with van der Waals surface area (Å²) in [5.74, 6) is -0.903. The number of rotatable bonds is 5. The lowest BCUT2D eigenvalue weighted by Gasteiger charge is -2.08. The van der Waals surface area contributed by atoms with Gasteiger partial charge in [-0.05, 0) is 42.0 Å². The zero-order valence-electron chi connectivity index (χ0n) is 13.3. The van der Waals surface area contributed by atoms with E-state index in [4.69, 9.17) is 34.7 Å². The molecule has 0 bridgehead atoms. The Morgan fingerprint density at radius 3 is 2.35 bits per heavy atom. The summed E-state index contributed by atoms with van der Waals surface area (Å²) in [5, 5.41) is 8.27. The van der Waals surface area contributed by atoms with Crippen LogP contribution in [-0.2, 0) is 6.54 Å². The lowest BCUT2D eigenvalue weighted by molar-refractivity contribution is 0.0994. The molecule has 3 aromatic rings. The maximum absolute atomic E-state index is 12.6. The van der Waals surface area contributed by atoms with Gasteiger partial charge in [0.2, 0.25) is 0 Å². The van der Waals surface area contributed by atoms with Crippen LogP contribution in [0.1, 0.15) is 32.0 Å². The number of benzene rings is 2. The van der Waals surface area contributed by atoms with Crippen molar-refractivity contribution < 1.29 is 9.59 Å². The Bertz CT molecular complexity index is 999. The average molecular weight is 390 g/mol. The zero-order chi connectivity index (χ0) is 18.8. The minimum absolute atomic E-state index is 0.0648. The van der Waals surface area contributed by atoms with Crippen LogP contribution in [0.4, 0.5) is 5.82 Å². The second-order valence-corrected chi connectivity index (χ2v) is 6.34. The summed E-state index contributed by atoms with van der Waals surface area (Å²) in [6.45, 7) is 0.223. The van der Waals surface area contributed by atoms with Crippen molar-refractivity contribution in [1.29, 1.82) is 0 Å². The van der Waals surface area contributed by atoms with Gasteiger partial charge in [-0.2, -0.15) is 0 Å². The number of hydrogen-bond donors (Lipinski definition) is 2. The lowest BCUT2D eigenvalue weighted by atomic mass is 10.0. The van der Waals surface area contributed by atoms with Gasteiger partial charge in [-0.25, -0.2) is 4.68 Å². The van der Waals surface area contributed by atoms with E-state index in [0.717, 1.165) is 5.56 Å². The van der Waals surface area contributed by atoms with Crippen molar-refractivity contribution in [1.82, 2.24) is 15.0 Å². The highest BCUT2D eigenvalue weighted by Crippen LogP contribution is 2.23. The molecule has 0 saturated heterocycles. The molecule has 0 radical (unpaired) electrons. The average Bonchev–Trinajstić information content (AvgIpc) is 2.96. The molecule has 9 heteroatoms. The van der Waals surface area contributed by atoms with Gasteiger partial charge in [-0.1, -0.05) is 34.5 Å². The first-order valence-corrected chi connectivity index (χ1v) is 8.20. The Hall–Kier alpha value is -2.90. The molecule has 2 aromatic carbocycles. The lowest BCUT2D eigenvalue weighted by Crippen LogP contribution is -2.15. The van der Waals surface area contributed by atoms with E-state index in [0.29, 0.717) is 16.1 Å². The molecule has 1 amide bonds. The summed E-state index contributed by atoms with van der Waals surface area (Å²) < 4.78 is 1.33. The van der Waals surface area contributed by atoms with Gasteiger partial charge < -0.3 is 11.5 Å². The molecule has 7 nitrogen and oxygen atoms in total. The van der Waals surface area contributed by atoms with Crippen LogP contribution in [-0.4, -0.2) is 26.7 Å². The van der Waals surface area contributed by atoms with Gasteiger partial charge in [-0.3, -0.25) is 9.59 Å². The monoisotopic (exact) mass is 389 g/mol. The Morgan fingerprint density at radius 2 is 1.77 bits per heavy atom. The normalized spacial score (nSPS) is 10.7. The molecule has 1 heterocycles. The van der Waals surface area contributed by atoms with E-state index in [2.05, 4.69) is 10.3 Å². The second kappa shape index (κ2) is 7.15. The molecule has 0 fully saturated rings. The molecule has 0 aliphatic carbocycles. The first-order chi connectivity index (χ1) is 12.4. The Morgan fingerprint density at radius 1 is 1.08 bits per heavy atom.